The highest BCUT2D eigenvalue weighted by Gasteiger charge is 2.07. The Morgan fingerprint density at radius 2 is 1.94 bits per heavy atom. The molecule has 0 aromatic carbocycles. The molecule has 0 radical (unpaired) electrons. The molecule has 0 amide bonds. The van der Waals surface area contributed by atoms with E-state index in [1.54, 1.807) is 0 Å². The van der Waals surface area contributed by atoms with E-state index in [0.29, 0.717) is 18.3 Å². The van der Waals surface area contributed by atoms with Gasteiger partial charge >= 0.3 is 5.97 Å². The molecule has 0 saturated carbocycles. The van der Waals surface area contributed by atoms with E-state index in [0.717, 1.165) is 0 Å². The highest BCUT2D eigenvalue weighted by molar-refractivity contribution is 5.66. The molecule has 1 N–H and O–H groups in total. The van der Waals surface area contributed by atoms with E-state index in [4.69, 9.17) is 5.11 Å². The first-order valence-electron chi connectivity index (χ1n) is 5.60. The molecule has 0 heterocycles. The first-order chi connectivity index (χ1) is 7.70. The summed E-state index contributed by atoms with van der Waals surface area (Å²) in [5, 5.41) is 8.50. The highest BCUT2D eigenvalue weighted by Crippen LogP contribution is 2.18. The van der Waals surface area contributed by atoms with Gasteiger partial charge in [0.05, 0.1) is 0 Å². The van der Waals surface area contributed by atoms with E-state index in [-0.39, 0.29) is 6.42 Å². The van der Waals surface area contributed by atoms with Crippen molar-refractivity contribution in [3.8, 4) is 0 Å². The molecule has 0 bridgehead atoms. The molecule has 16 heavy (non-hydrogen) atoms. The number of carbonyl (C=O) groups is 1. The van der Waals surface area contributed by atoms with Crippen molar-refractivity contribution in [3.63, 3.8) is 0 Å². The molecule has 0 aliphatic heterocycles. The first-order valence-corrected chi connectivity index (χ1v) is 5.60. The van der Waals surface area contributed by atoms with Crippen LogP contribution in [0.25, 0.3) is 0 Å². The highest BCUT2D eigenvalue weighted by atomic mass is 16.4. The minimum atomic E-state index is -0.740. The zero-order valence-electron chi connectivity index (χ0n) is 9.54. The van der Waals surface area contributed by atoms with Crippen molar-refractivity contribution in [2.24, 2.45) is 11.8 Å². The molecule has 0 fully saturated rings. The lowest BCUT2D eigenvalue weighted by Gasteiger charge is -2.12. The number of aliphatic carboxylic acids is 1. The van der Waals surface area contributed by atoms with E-state index in [9.17, 15) is 4.79 Å². The summed E-state index contributed by atoms with van der Waals surface area (Å²) >= 11 is 0. The third-order valence-corrected chi connectivity index (χ3v) is 2.57. The molecule has 0 saturated heterocycles. The lowest BCUT2D eigenvalue weighted by Crippen LogP contribution is -2.03. The summed E-state index contributed by atoms with van der Waals surface area (Å²) in [7, 11) is 0. The SMILES string of the molecule is CC(C=CCCC(=O)O)C1C=CC=CC=C1. The Bertz CT molecular complexity index is 319. The molecule has 0 aromatic heterocycles. The van der Waals surface area contributed by atoms with Gasteiger partial charge in [0.2, 0.25) is 0 Å². The second-order valence-corrected chi connectivity index (χ2v) is 3.95. The van der Waals surface area contributed by atoms with E-state index >= 15 is 0 Å². The van der Waals surface area contributed by atoms with Crippen LogP contribution in [0, 0.1) is 11.8 Å². The maximum atomic E-state index is 10.3. The van der Waals surface area contributed by atoms with Crippen LogP contribution in [0.5, 0.6) is 0 Å². The molecule has 1 aliphatic rings. The molecule has 2 heteroatoms. The molecule has 0 spiro atoms. The lowest BCUT2D eigenvalue weighted by molar-refractivity contribution is -0.136. The van der Waals surface area contributed by atoms with Crippen LogP contribution < -0.4 is 0 Å². The van der Waals surface area contributed by atoms with Gasteiger partial charge in [0.25, 0.3) is 0 Å². The third kappa shape index (κ3) is 4.78. The quantitative estimate of drug-likeness (QED) is 0.718. The third-order valence-electron chi connectivity index (χ3n) is 2.57. The van der Waals surface area contributed by atoms with Gasteiger partial charge in [-0.15, -0.1) is 0 Å². The summed E-state index contributed by atoms with van der Waals surface area (Å²) in [4.78, 5) is 10.3. The standard InChI is InChI=1S/C14H18O2/c1-12(8-6-7-11-14(15)16)13-9-4-2-3-5-10-13/h2-6,8-10,12-13H,7,11H2,1H3,(H,15,16). The fourth-order valence-electron chi connectivity index (χ4n) is 1.57. The molecule has 2 nitrogen and oxygen atoms in total. The molecular weight excluding hydrogens is 200 g/mol. The minimum absolute atomic E-state index is 0.209. The van der Waals surface area contributed by atoms with Crippen molar-refractivity contribution in [2.45, 2.75) is 19.8 Å². The Labute approximate surface area is 96.7 Å². The molecule has 0 aromatic rings. The zero-order valence-corrected chi connectivity index (χ0v) is 9.54. The number of hydrogen-bond acceptors (Lipinski definition) is 1. The second kappa shape index (κ2) is 6.83. The summed E-state index contributed by atoms with van der Waals surface area (Å²) in [6, 6.07) is 0. The maximum absolute atomic E-state index is 10.3. The van der Waals surface area contributed by atoms with Crippen LogP contribution in [0.4, 0.5) is 0 Å². The Balaban J connectivity index is 2.39. The summed E-state index contributed by atoms with van der Waals surface area (Å²) in [6.07, 6.45) is 17.3. The molecule has 1 atom stereocenters. The number of rotatable bonds is 5. The van der Waals surface area contributed by atoms with Crippen molar-refractivity contribution in [3.05, 3.63) is 48.6 Å². The summed E-state index contributed by atoms with van der Waals surface area (Å²) < 4.78 is 0. The van der Waals surface area contributed by atoms with Gasteiger partial charge in [0.15, 0.2) is 0 Å². The average molecular weight is 218 g/mol. The Kier molecular flexibility index (Phi) is 5.34. The van der Waals surface area contributed by atoms with E-state index in [1.807, 2.05) is 30.4 Å². The fraction of sp³-hybridized carbons (Fsp3) is 0.357. The van der Waals surface area contributed by atoms with Crippen LogP contribution in [0.1, 0.15) is 19.8 Å². The number of carboxylic acids is 1. The van der Waals surface area contributed by atoms with Gasteiger partial charge in [0.1, 0.15) is 0 Å². The largest absolute Gasteiger partial charge is 0.481 e. The monoisotopic (exact) mass is 218 g/mol. The van der Waals surface area contributed by atoms with Gasteiger partial charge in [-0.05, 0) is 12.3 Å². The molecule has 1 unspecified atom stereocenters. The number of allylic oxidation sites excluding steroid dienone is 8. The van der Waals surface area contributed by atoms with Gasteiger partial charge in [-0.3, -0.25) is 4.79 Å². The van der Waals surface area contributed by atoms with Crippen molar-refractivity contribution in [1.82, 2.24) is 0 Å². The normalized spacial score (nSPS) is 17.8. The molecule has 86 valence electrons. The molecule has 1 aliphatic carbocycles. The first kappa shape index (κ1) is 12.5. The second-order valence-electron chi connectivity index (χ2n) is 3.95. The number of hydrogen-bond donors (Lipinski definition) is 1. The molecular formula is C14H18O2. The summed E-state index contributed by atoms with van der Waals surface area (Å²) in [5.74, 6) is 0.0630. The molecule has 1 rings (SSSR count). The lowest BCUT2D eigenvalue weighted by atomic mass is 9.93. The van der Waals surface area contributed by atoms with Crippen LogP contribution >= 0.6 is 0 Å². The van der Waals surface area contributed by atoms with Gasteiger partial charge in [0, 0.05) is 12.3 Å². The van der Waals surface area contributed by atoms with E-state index in [1.165, 1.54) is 0 Å². The van der Waals surface area contributed by atoms with Gasteiger partial charge in [-0.25, -0.2) is 0 Å². The predicted octanol–water partition coefficient (Wildman–Crippen LogP) is 3.34. The zero-order chi connectivity index (χ0) is 11.8. The van der Waals surface area contributed by atoms with Crippen LogP contribution in [0.15, 0.2) is 48.6 Å². The van der Waals surface area contributed by atoms with Crippen LogP contribution in [-0.2, 0) is 4.79 Å². The van der Waals surface area contributed by atoms with E-state index in [2.05, 4.69) is 25.2 Å². The fourth-order valence-corrected chi connectivity index (χ4v) is 1.57. The average Bonchev–Trinajstić information content (AvgIpc) is 2.52. The Morgan fingerprint density at radius 3 is 2.50 bits per heavy atom. The number of carboxylic acid groups (broad SMARTS) is 1. The smallest absolute Gasteiger partial charge is 0.303 e. The van der Waals surface area contributed by atoms with Crippen LogP contribution in [0.3, 0.4) is 0 Å². The predicted molar refractivity (Wildman–Crippen MR) is 66.1 cm³/mol. The van der Waals surface area contributed by atoms with Crippen LogP contribution in [-0.4, -0.2) is 11.1 Å². The summed E-state index contributed by atoms with van der Waals surface area (Å²) in [5.41, 5.74) is 0. The van der Waals surface area contributed by atoms with Gasteiger partial charge in [-0.2, -0.15) is 0 Å². The van der Waals surface area contributed by atoms with Gasteiger partial charge in [-0.1, -0.05) is 55.5 Å². The Morgan fingerprint density at radius 1 is 1.31 bits per heavy atom. The van der Waals surface area contributed by atoms with Crippen molar-refractivity contribution in [1.29, 1.82) is 0 Å². The van der Waals surface area contributed by atoms with Crippen molar-refractivity contribution >= 4 is 5.97 Å². The maximum Gasteiger partial charge on any atom is 0.303 e. The van der Waals surface area contributed by atoms with E-state index < -0.39 is 5.97 Å². The topological polar surface area (TPSA) is 37.3 Å². The Hall–Kier alpha value is -1.57. The van der Waals surface area contributed by atoms with Crippen molar-refractivity contribution < 1.29 is 9.90 Å². The minimum Gasteiger partial charge on any atom is -0.481 e. The summed E-state index contributed by atoms with van der Waals surface area (Å²) in [6.45, 7) is 2.14. The van der Waals surface area contributed by atoms with Crippen molar-refractivity contribution in [2.75, 3.05) is 0 Å². The van der Waals surface area contributed by atoms with Gasteiger partial charge < -0.3 is 5.11 Å². The van der Waals surface area contributed by atoms with Crippen LogP contribution in [0.2, 0.25) is 0 Å².